The van der Waals surface area contributed by atoms with Gasteiger partial charge in [-0.25, -0.2) is 0 Å². The van der Waals surface area contributed by atoms with Crippen LogP contribution in [0, 0.1) is 0 Å². The summed E-state index contributed by atoms with van der Waals surface area (Å²) in [5.41, 5.74) is 3.27. The van der Waals surface area contributed by atoms with E-state index in [1.807, 2.05) is 30.3 Å². The van der Waals surface area contributed by atoms with Crippen LogP contribution in [0.15, 0.2) is 54.6 Å². The number of nitrogens with one attached hydrogen (secondary N) is 2. The Morgan fingerprint density at radius 2 is 1.62 bits per heavy atom. The molecule has 0 bridgehead atoms. The van der Waals surface area contributed by atoms with E-state index in [9.17, 15) is 4.79 Å². The number of carbonyl (C=O) groups is 1. The second-order valence-corrected chi connectivity index (χ2v) is 5.29. The molecule has 3 heteroatoms. The topological polar surface area (TPSA) is 41.1 Å². The highest BCUT2D eigenvalue weighted by Crippen LogP contribution is 2.19. The van der Waals surface area contributed by atoms with Gasteiger partial charge in [-0.2, -0.15) is 0 Å². The minimum absolute atomic E-state index is 0.0487. The normalized spacial score (nSPS) is 11.7. The van der Waals surface area contributed by atoms with Gasteiger partial charge in [-0.15, -0.1) is 0 Å². The average molecular weight is 282 g/mol. The number of rotatable bonds is 6. The Hall–Kier alpha value is -2.29. The smallest absolute Gasteiger partial charge is 0.221 e. The standard InChI is InChI=1S/C18H22N2O/c1-14(16-6-4-3-5-7-16)12-13-19-17-8-10-18(11-9-17)20-15(2)21/h3-11,14,19H,12-13H2,1-2H3,(H,20,21). The third kappa shape index (κ3) is 4.95. The first-order valence-corrected chi connectivity index (χ1v) is 7.31. The zero-order chi connectivity index (χ0) is 15.1. The minimum atomic E-state index is -0.0487. The zero-order valence-electron chi connectivity index (χ0n) is 12.6. The van der Waals surface area contributed by atoms with Crippen LogP contribution in [0.2, 0.25) is 0 Å². The van der Waals surface area contributed by atoms with Gasteiger partial charge in [0.15, 0.2) is 0 Å². The number of benzene rings is 2. The van der Waals surface area contributed by atoms with Gasteiger partial charge in [-0.3, -0.25) is 4.79 Å². The van der Waals surface area contributed by atoms with Gasteiger partial charge in [0.25, 0.3) is 0 Å². The van der Waals surface area contributed by atoms with Crippen LogP contribution in [-0.2, 0) is 4.79 Å². The highest BCUT2D eigenvalue weighted by Gasteiger charge is 2.04. The van der Waals surface area contributed by atoms with Crippen molar-refractivity contribution in [2.45, 2.75) is 26.2 Å². The van der Waals surface area contributed by atoms with Crippen molar-refractivity contribution in [3.8, 4) is 0 Å². The van der Waals surface area contributed by atoms with Crippen molar-refractivity contribution in [1.29, 1.82) is 0 Å². The third-order valence-electron chi connectivity index (χ3n) is 3.48. The minimum Gasteiger partial charge on any atom is -0.385 e. The van der Waals surface area contributed by atoms with Crippen molar-refractivity contribution in [2.75, 3.05) is 17.2 Å². The van der Waals surface area contributed by atoms with Gasteiger partial charge >= 0.3 is 0 Å². The van der Waals surface area contributed by atoms with E-state index < -0.39 is 0 Å². The van der Waals surface area contributed by atoms with Gasteiger partial charge in [0.05, 0.1) is 0 Å². The molecule has 0 spiro atoms. The van der Waals surface area contributed by atoms with Crippen LogP contribution < -0.4 is 10.6 Å². The lowest BCUT2D eigenvalue weighted by atomic mass is 9.98. The number of carbonyl (C=O) groups excluding carboxylic acids is 1. The molecule has 3 nitrogen and oxygen atoms in total. The summed E-state index contributed by atoms with van der Waals surface area (Å²) in [5, 5.41) is 6.17. The molecule has 0 saturated heterocycles. The largest absolute Gasteiger partial charge is 0.385 e. The van der Waals surface area contributed by atoms with E-state index in [0.29, 0.717) is 5.92 Å². The Kier molecular flexibility index (Phi) is 5.38. The summed E-state index contributed by atoms with van der Waals surface area (Å²) >= 11 is 0. The molecule has 21 heavy (non-hydrogen) atoms. The lowest BCUT2D eigenvalue weighted by Crippen LogP contribution is -2.07. The van der Waals surface area contributed by atoms with Crippen LogP contribution in [0.1, 0.15) is 31.7 Å². The summed E-state index contributed by atoms with van der Waals surface area (Å²) in [4.78, 5) is 11.0. The van der Waals surface area contributed by atoms with Crippen LogP contribution in [0.25, 0.3) is 0 Å². The Labute approximate surface area is 126 Å². The van der Waals surface area contributed by atoms with Crippen molar-refractivity contribution in [3.63, 3.8) is 0 Å². The predicted octanol–water partition coefficient (Wildman–Crippen LogP) is 4.25. The Morgan fingerprint density at radius 1 is 1.00 bits per heavy atom. The molecule has 0 saturated carbocycles. The van der Waals surface area contributed by atoms with Gasteiger partial charge in [-0.05, 0) is 42.2 Å². The maximum absolute atomic E-state index is 11.0. The van der Waals surface area contributed by atoms with Crippen molar-refractivity contribution >= 4 is 17.3 Å². The number of hydrogen-bond acceptors (Lipinski definition) is 2. The van der Waals surface area contributed by atoms with E-state index in [0.717, 1.165) is 24.3 Å². The molecule has 2 aromatic carbocycles. The predicted molar refractivity (Wildman–Crippen MR) is 88.7 cm³/mol. The Balaban J connectivity index is 1.79. The lowest BCUT2D eigenvalue weighted by molar-refractivity contribution is -0.114. The summed E-state index contributed by atoms with van der Waals surface area (Å²) in [7, 11) is 0. The van der Waals surface area contributed by atoms with Gasteiger partial charge in [-0.1, -0.05) is 37.3 Å². The molecular formula is C18H22N2O. The first kappa shape index (κ1) is 15.1. The summed E-state index contributed by atoms with van der Waals surface area (Å²) in [6.07, 6.45) is 1.08. The molecule has 0 fully saturated rings. The van der Waals surface area contributed by atoms with Crippen LogP contribution in [0.3, 0.4) is 0 Å². The van der Waals surface area contributed by atoms with Crippen LogP contribution in [-0.4, -0.2) is 12.5 Å². The molecule has 1 atom stereocenters. The van der Waals surface area contributed by atoms with E-state index in [1.54, 1.807) is 0 Å². The van der Waals surface area contributed by atoms with Crippen molar-refractivity contribution in [3.05, 3.63) is 60.2 Å². The number of amides is 1. The van der Waals surface area contributed by atoms with Crippen LogP contribution >= 0.6 is 0 Å². The van der Waals surface area contributed by atoms with Gasteiger partial charge in [0, 0.05) is 24.8 Å². The van der Waals surface area contributed by atoms with Gasteiger partial charge < -0.3 is 10.6 Å². The molecule has 2 N–H and O–H groups in total. The molecule has 0 heterocycles. The highest BCUT2D eigenvalue weighted by molar-refractivity contribution is 5.88. The lowest BCUT2D eigenvalue weighted by Gasteiger charge is -2.13. The van der Waals surface area contributed by atoms with Crippen molar-refractivity contribution in [2.24, 2.45) is 0 Å². The SMILES string of the molecule is CC(=O)Nc1ccc(NCCC(C)c2ccccc2)cc1. The number of anilines is 2. The number of hydrogen-bond donors (Lipinski definition) is 2. The average Bonchev–Trinajstić information content (AvgIpc) is 2.49. The van der Waals surface area contributed by atoms with E-state index >= 15 is 0 Å². The molecule has 0 aliphatic heterocycles. The second-order valence-electron chi connectivity index (χ2n) is 5.29. The molecule has 1 unspecified atom stereocenters. The molecule has 2 aromatic rings. The molecule has 2 rings (SSSR count). The Bertz CT molecular complexity index is 564. The molecule has 0 aromatic heterocycles. The zero-order valence-corrected chi connectivity index (χ0v) is 12.6. The maximum atomic E-state index is 11.0. The fourth-order valence-corrected chi connectivity index (χ4v) is 2.26. The molecule has 0 aliphatic carbocycles. The third-order valence-corrected chi connectivity index (χ3v) is 3.48. The van der Waals surface area contributed by atoms with Gasteiger partial charge in [0.1, 0.15) is 0 Å². The molecular weight excluding hydrogens is 260 g/mol. The summed E-state index contributed by atoms with van der Waals surface area (Å²) in [5.74, 6) is 0.491. The van der Waals surface area contributed by atoms with E-state index in [1.165, 1.54) is 12.5 Å². The maximum Gasteiger partial charge on any atom is 0.221 e. The van der Waals surface area contributed by atoms with E-state index in [2.05, 4.69) is 41.8 Å². The van der Waals surface area contributed by atoms with Crippen LogP contribution in [0.4, 0.5) is 11.4 Å². The molecule has 1 amide bonds. The van der Waals surface area contributed by atoms with Crippen LogP contribution in [0.5, 0.6) is 0 Å². The molecule has 0 radical (unpaired) electrons. The monoisotopic (exact) mass is 282 g/mol. The highest BCUT2D eigenvalue weighted by atomic mass is 16.1. The summed E-state index contributed by atoms with van der Waals surface area (Å²) < 4.78 is 0. The van der Waals surface area contributed by atoms with Gasteiger partial charge in [0.2, 0.25) is 5.91 Å². The van der Waals surface area contributed by atoms with Crippen molar-refractivity contribution in [1.82, 2.24) is 0 Å². The molecule has 0 aliphatic rings. The van der Waals surface area contributed by atoms with Crippen molar-refractivity contribution < 1.29 is 4.79 Å². The first-order chi connectivity index (χ1) is 10.1. The fraction of sp³-hybridized carbons (Fsp3) is 0.278. The first-order valence-electron chi connectivity index (χ1n) is 7.31. The Morgan fingerprint density at radius 3 is 2.24 bits per heavy atom. The second kappa shape index (κ2) is 7.48. The van der Waals surface area contributed by atoms with E-state index in [-0.39, 0.29) is 5.91 Å². The van der Waals surface area contributed by atoms with E-state index in [4.69, 9.17) is 0 Å². The summed E-state index contributed by atoms with van der Waals surface area (Å²) in [6.45, 7) is 4.68. The summed E-state index contributed by atoms with van der Waals surface area (Å²) in [6, 6.07) is 18.3. The quantitative estimate of drug-likeness (QED) is 0.831. The molecule has 110 valence electrons. The fourth-order valence-electron chi connectivity index (χ4n) is 2.26.